The Kier molecular flexibility index (Phi) is 9.86. The molecule has 0 aliphatic heterocycles. The second-order valence-electron chi connectivity index (χ2n) is 9.83. The normalized spacial score (nSPS) is 12.2. The lowest BCUT2D eigenvalue weighted by atomic mass is 10.1. The summed E-state index contributed by atoms with van der Waals surface area (Å²) in [5.74, 6) is -1.31. The molecule has 1 N–H and O–H groups in total. The molecular formula is C30H36FN3O4S. The number of carbonyl (C=O) groups excluding carboxylic acids is 2. The minimum atomic E-state index is -4.13. The van der Waals surface area contributed by atoms with Crippen molar-refractivity contribution >= 4 is 27.5 Å². The minimum absolute atomic E-state index is 0.00921. The molecule has 3 aromatic rings. The number of rotatable bonds is 11. The number of anilines is 1. The van der Waals surface area contributed by atoms with Crippen molar-refractivity contribution < 1.29 is 22.4 Å². The van der Waals surface area contributed by atoms with Crippen molar-refractivity contribution in [1.82, 2.24) is 10.2 Å². The van der Waals surface area contributed by atoms with Gasteiger partial charge in [0.2, 0.25) is 11.8 Å². The molecule has 0 aliphatic rings. The fourth-order valence-electron chi connectivity index (χ4n) is 4.22. The maximum Gasteiger partial charge on any atom is 0.264 e. The largest absolute Gasteiger partial charge is 0.352 e. The summed E-state index contributed by atoms with van der Waals surface area (Å²) in [7, 11) is -4.13. The van der Waals surface area contributed by atoms with Gasteiger partial charge in [-0.15, -0.1) is 0 Å². The van der Waals surface area contributed by atoms with Crippen molar-refractivity contribution in [2.45, 2.75) is 64.6 Å². The first-order chi connectivity index (χ1) is 18.4. The maximum absolute atomic E-state index is 14.0. The van der Waals surface area contributed by atoms with E-state index < -0.39 is 34.3 Å². The molecule has 0 bridgehead atoms. The van der Waals surface area contributed by atoms with Crippen molar-refractivity contribution in [1.29, 1.82) is 0 Å². The van der Waals surface area contributed by atoms with Gasteiger partial charge in [-0.2, -0.15) is 0 Å². The van der Waals surface area contributed by atoms with Crippen molar-refractivity contribution in [2.75, 3.05) is 10.8 Å². The third-order valence-electron chi connectivity index (χ3n) is 6.47. The first-order valence-electron chi connectivity index (χ1n) is 12.9. The van der Waals surface area contributed by atoms with Crippen LogP contribution in [-0.4, -0.2) is 43.8 Å². The van der Waals surface area contributed by atoms with Gasteiger partial charge in [-0.25, -0.2) is 12.8 Å². The first-order valence-corrected chi connectivity index (χ1v) is 14.4. The van der Waals surface area contributed by atoms with E-state index in [0.29, 0.717) is 17.7 Å². The second-order valence-corrected chi connectivity index (χ2v) is 11.7. The third-order valence-corrected chi connectivity index (χ3v) is 8.26. The van der Waals surface area contributed by atoms with Crippen LogP contribution in [0.4, 0.5) is 10.1 Å². The third kappa shape index (κ3) is 7.44. The van der Waals surface area contributed by atoms with Crippen LogP contribution in [0, 0.1) is 19.7 Å². The highest BCUT2D eigenvalue weighted by Crippen LogP contribution is 2.26. The van der Waals surface area contributed by atoms with E-state index >= 15 is 0 Å². The number of nitrogens with zero attached hydrogens (tertiary/aromatic N) is 2. The number of sulfonamides is 1. The van der Waals surface area contributed by atoms with Gasteiger partial charge >= 0.3 is 0 Å². The summed E-state index contributed by atoms with van der Waals surface area (Å²) in [6, 6.07) is 17.8. The van der Waals surface area contributed by atoms with Gasteiger partial charge in [-0.3, -0.25) is 13.9 Å². The number of carbonyl (C=O) groups is 2. The van der Waals surface area contributed by atoms with E-state index in [1.54, 1.807) is 49.4 Å². The summed E-state index contributed by atoms with van der Waals surface area (Å²) in [5, 5.41) is 2.85. The highest BCUT2D eigenvalue weighted by Gasteiger charge is 2.33. The van der Waals surface area contributed by atoms with Gasteiger partial charge in [-0.1, -0.05) is 43.3 Å². The van der Waals surface area contributed by atoms with Crippen LogP contribution in [0.25, 0.3) is 0 Å². The summed E-state index contributed by atoms with van der Waals surface area (Å²) in [4.78, 5) is 28.5. The number of amides is 2. The van der Waals surface area contributed by atoms with Crippen LogP contribution >= 0.6 is 0 Å². The highest BCUT2D eigenvalue weighted by molar-refractivity contribution is 7.92. The molecule has 0 aliphatic carbocycles. The Hall–Kier alpha value is -3.72. The van der Waals surface area contributed by atoms with Gasteiger partial charge in [-0.05, 0) is 87.2 Å². The molecule has 2 amide bonds. The number of aryl methyl sites for hydroxylation is 2. The Morgan fingerprint density at radius 3 is 2.13 bits per heavy atom. The molecule has 0 heterocycles. The van der Waals surface area contributed by atoms with E-state index in [-0.39, 0.29) is 23.4 Å². The number of halogens is 1. The predicted octanol–water partition coefficient (Wildman–Crippen LogP) is 4.97. The average Bonchev–Trinajstić information content (AvgIpc) is 2.90. The number of benzene rings is 3. The van der Waals surface area contributed by atoms with E-state index in [0.717, 1.165) is 15.4 Å². The Morgan fingerprint density at radius 2 is 1.56 bits per heavy atom. The van der Waals surface area contributed by atoms with Crippen molar-refractivity contribution in [3.63, 3.8) is 0 Å². The molecule has 9 heteroatoms. The van der Waals surface area contributed by atoms with Crippen LogP contribution in [0.2, 0.25) is 0 Å². The fourth-order valence-corrected chi connectivity index (χ4v) is 5.64. The van der Waals surface area contributed by atoms with Gasteiger partial charge in [0.25, 0.3) is 10.0 Å². The molecule has 0 spiro atoms. The van der Waals surface area contributed by atoms with Gasteiger partial charge in [0.1, 0.15) is 18.4 Å². The van der Waals surface area contributed by atoms with Crippen LogP contribution in [0.3, 0.4) is 0 Å². The topological polar surface area (TPSA) is 86.8 Å². The summed E-state index contributed by atoms with van der Waals surface area (Å²) in [5.41, 5.74) is 2.82. The quantitative estimate of drug-likeness (QED) is 0.363. The lowest BCUT2D eigenvalue weighted by molar-refractivity contribution is -0.140. The first kappa shape index (κ1) is 29.8. The molecule has 0 saturated carbocycles. The standard InChI is InChI=1S/C30H36FN3O4S/c1-6-28(30(36)32-21(2)3)33(19-24-13-15-25(31)16-14-24)29(35)20-34(26-17-12-22(4)23(5)18-26)39(37,38)27-10-8-7-9-11-27/h7-18,21,28H,6,19-20H2,1-5H3,(H,32,36)/t28-/m1/s1. The van der Waals surface area contributed by atoms with Crippen LogP contribution in [0.5, 0.6) is 0 Å². The molecule has 0 fully saturated rings. The zero-order valence-electron chi connectivity index (χ0n) is 23.0. The Morgan fingerprint density at radius 1 is 0.923 bits per heavy atom. The zero-order chi connectivity index (χ0) is 28.7. The maximum atomic E-state index is 14.0. The smallest absolute Gasteiger partial charge is 0.264 e. The van der Waals surface area contributed by atoms with Gasteiger partial charge in [0, 0.05) is 12.6 Å². The molecule has 0 aromatic heterocycles. The lowest BCUT2D eigenvalue weighted by Crippen LogP contribution is -2.53. The van der Waals surface area contributed by atoms with Gasteiger partial charge < -0.3 is 10.2 Å². The SMILES string of the molecule is CC[C@H](C(=O)NC(C)C)N(Cc1ccc(F)cc1)C(=O)CN(c1ccc(C)c(C)c1)S(=O)(=O)c1ccccc1. The van der Waals surface area contributed by atoms with Gasteiger partial charge in [0.15, 0.2) is 0 Å². The molecule has 208 valence electrons. The summed E-state index contributed by atoms with van der Waals surface area (Å²) in [6.45, 7) is 8.72. The summed E-state index contributed by atoms with van der Waals surface area (Å²) in [6.07, 6.45) is 0.306. The van der Waals surface area contributed by atoms with E-state index in [2.05, 4.69) is 5.32 Å². The highest BCUT2D eigenvalue weighted by atomic mass is 32.2. The van der Waals surface area contributed by atoms with Crippen molar-refractivity contribution in [2.24, 2.45) is 0 Å². The average molecular weight is 554 g/mol. The predicted molar refractivity (Wildman–Crippen MR) is 151 cm³/mol. The molecule has 0 saturated heterocycles. The van der Waals surface area contributed by atoms with Crippen LogP contribution in [-0.2, 0) is 26.2 Å². The van der Waals surface area contributed by atoms with E-state index in [1.807, 2.05) is 33.8 Å². The van der Waals surface area contributed by atoms with Crippen LogP contribution in [0.15, 0.2) is 77.7 Å². The van der Waals surface area contributed by atoms with E-state index in [9.17, 15) is 22.4 Å². The summed E-state index contributed by atoms with van der Waals surface area (Å²) < 4.78 is 42.3. The Labute approximate surface area is 230 Å². The molecule has 0 radical (unpaired) electrons. The number of hydrogen-bond donors (Lipinski definition) is 1. The zero-order valence-corrected chi connectivity index (χ0v) is 23.8. The van der Waals surface area contributed by atoms with Crippen LogP contribution < -0.4 is 9.62 Å². The molecule has 7 nitrogen and oxygen atoms in total. The fraction of sp³-hybridized carbons (Fsp3) is 0.333. The molecule has 0 unspecified atom stereocenters. The van der Waals surface area contributed by atoms with E-state index in [4.69, 9.17) is 0 Å². The molecule has 39 heavy (non-hydrogen) atoms. The summed E-state index contributed by atoms with van der Waals surface area (Å²) >= 11 is 0. The van der Waals surface area contributed by atoms with Crippen LogP contribution in [0.1, 0.15) is 43.9 Å². The monoisotopic (exact) mass is 553 g/mol. The number of hydrogen-bond acceptors (Lipinski definition) is 4. The molecular weight excluding hydrogens is 517 g/mol. The second kappa shape index (κ2) is 12.9. The number of nitrogens with one attached hydrogen (secondary N) is 1. The van der Waals surface area contributed by atoms with Gasteiger partial charge in [0.05, 0.1) is 10.6 Å². The molecule has 3 rings (SSSR count). The minimum Gasteiger partial charge on any atom is -0.352 e. The molecule has 3 aromatic carbocycles. The van der Waals surface area contributed by atoms with E-state index in [1.165, 1.54) is 29.2 Å². The molecule has 1 atom stereocenters. The Balaban J connectivity index is 2.07. The van der Waals surface area contributed by atoms with Crippen molar-refractivity contribution in [3.8, 4) is 0 Å². The van der Waals surface area contributed by atoms with Crippen molar-refractivity contribution in [3.05, 3.63) is 95.3 Å². The Bertz CT molecular complexity index is 1390. The lowest BCUT2D eigenvalue weighted by Gasteiger charge is -2.33.